The Morgan fingerprint density at radius 1 is 1.22 bits per heavy atom. The Balaban J connectivity index is 1.62. The molecule has 3 rings (SSSR count). The van der Waals surface area contributed by atoms with Gasteiger partial charge in [-0.3, -0.25) is 4.79 Å². The van der Waals surface area contributed by atoms with Gasteiger partial charge in [0.2, 0.25) is 5.91 Å². The highest BCUT2D eigenvalue weighted by Gasteiger charge is 2.52. The summed E-state index contributed by atoms with van der Waals surface area (Å²) in [6, 6.07) is -0.930. The van der Waals surface area contributed by atoms with Gasteiger partial charge < -0.3 is 40.0 Å². The maximum atomic E-state index is 11.6. The number of carbonyl (C=O) groups is 1. The first-order valence-corrected chi connectivity index (χ1v) is 11.8. The molecule has 1 amide bonds. The lowest BCUT2D eigenvalue weighted by molar-refractivity contribution is -0.273. The summed E-state index contributed by atoms with van der Waals surface area (Å²) < 4.78 is 18.1. The zero-order chi connectivity index (χ0) is 23.8. The van der Waals surface area contributed by atoms with Crippen molar-refractivity contribution in [2.45, 2.75) is 108 Å². The van der Waals surface area contributed by atoms with Gasteiger partial charge in [0.05, 0.1) is 30.5 Å². The number of aliphatic hydroxyl groups is 4. The van der Waals surface area contributed by atoms with Gasteiger partial charge in [-0.15, -0.1) is 0 Å². The molecule has 0 aromatic rings. The fraction of sp³-hybridized carbons (Fsp3) is 0.957. The number of hydrogen-bond acceptors (Lipinski definition) is 8. The van der Waals surface area contributed by atoms with Crippen LogP contribution in [0.25, 0.3) is 0 Å². The van der Waals surface area contributed by atoms with E-state index < -0.39 is 42.9 Å². The molecule has 0 radical (unpaired) electrons. The largest absolute Gasteiger partial charge is 0.394 e. The first-order chi connectivity index (χ1) is 14.9. The predicted molar refractivity (Wildman–Crippen MR) is 116 cm³/mol. The lowest BCUT2D eigenvalue weighted by Gasteiger charge is -2.42. The van der Waals surface area contributed by atoms with E-state index in [1.807, 2.05) is 0 Å². The van der Waals surface area contributed by atoms with E-state index in [0.717, 1.165) is 25.7 Å². The van der Waals surface area contributed by atoms with Crippen LogP contribution in [0, 0.1) is 17.8 Å². The third-order valence-corrected chi connectivity index (χ3v) is 7.84. The minimum Gasteiger partial charge on any atom is -0.394 e. The van der Waals surface area contributed by atoms with Crippen LogP contribution in [0.15, 0.2) is 0 Å². The van der Waals surface area contributed by atoms with E-state index in [1.54, 1.807) is 13.8 Å². The van der Waals surface area contributed by atoms with Crippen molar-refractivity contribution in [3.63, 3.8) is 0 Å². The second-order valence-corrected chi connectivity index (χ2v) is 10.7. The first-order valence-electron chi connectivity index (χ1n) is 11.8. The molecule has 3 aliphatic rings. The molecule has 0 aromatic heterocycles. The van der Waals surface area contributed by atoms with Crippen LogP contribution in [0.1, 0.15) is 60.3 Å². The van der Waals surface area contributed by atoms with Crippen LogP contribution in [-0.4, -0.2) is 87.5 Å². The van der Waals surface area contributed by atoms with Crippen molar-refractivity contribution < 1.29 is 39.4 Å². The van der Waals surface area contributed by atoms with E-state index in [-0.39, 0.29) is 23.5 Å². The Bertz CT molecular complexity index is 654. The van der Waals surface area contributed by atoms with Crippen LogP contribution < -0.4 is 5.32 Å². The first kappa shape index (κ1) is 25.8. The Morgan fingerprint density at radius 2 is 1.91 bits per heavy atom. The van der Waals surface area contributed by atoms with Gasteiger partial charge in [-0.25, -0.2) is 0 Å². The van der Waals surface area contributed by atoms with E-state index in [4.69, 9.17) is 14.2 Å². The van der Waals surface area contributed by atoms with Crippen molar-refractivity contribution in [1.82, 2.24) is 5.32 Å². The minimum absolute atomic E-state index is 0.174. The zero-order valence-corrected chi connectivity index (χ0v) is 19.9. The van der Waals surface area contributed by atoms with Gasteiger partial charge >= 0.3 is 0 Å². The summed E-state index contributed by atoms with van der Waals surface area (Å²) in [7, 11) is 0. The molecule has 2 aliphatic heterocycles. The van der Waals surface area contributed by atoms with Crippen LogP contribution in [-0.2, 0) is 19.0 Å². The quantitative estimate of drug-likeness (QED) is 0.367. The topological polar surface area (TPSA) is 138 Å². The molecule has 32 heavy (non-hydrogen) atoms. The zero-order valence-electron chi connectivity index (χ0n) is 19.9. The summed E-state index contributed by atoms with van der Waals surface area (Å²) in [4.78, 5) is 11.6. The second-order valence-electron chi connectivity index (χ2n) is 10.7. The summed E-state index contributed by atoms with van der Waals surface area (Å²) in [5.74, 6) is 0.509. The molecule has 5 N–H and O–H groups in total. The van der Waals surface area contributed by atoms with Crippen molar-refractivity contribution in [1.29, 1.82) is 0 Å². The molecular formula is C23H41NO8. The number of nitrogens with one attached hydrogen (secondary N) is 1. The third-order valence-electron chi connectivity index (χ3n) is 7.84. The molecule has 9 nitrogen and oxygen atoms in total. The van der Waals surface area contributed by atoms with E-state index >= 15 is 0 Å². The lowest BCUT2D eigenvalue weighted by Crippen LogP contribution is -2.64. The average Bonchev–Trinajstić information content (AvgIpc) is 3.28. The second kappa shape index (κ2) is 9.82. The van der Waals surface area contributed by atoms with E-state index in [0.29, 0.717) is 18.4 Å². The monoisotopic (exact) mass is 459 g/mol. The summed E-state index contributed by atoms with van der Waals surface area (Å²) in [6.07, 6.45) is -1.09. The Hall–Kier alpha value is -0.810. The minimum atomic E-state index is -1.32. The van der Waals surface area contributed by atoms with E-state index in [1.165, 1.54) is 6.92 Å². The lowest BCUT2D eigenvalue weighted by atomic mass is 9.78. The Labute approximate surface area is 190 Å². The van der Waals surface area contributed by atoms with Crippen molar-refractivity contribution >= 4 is 5.91 Å². The number of amides is 1. The van der Waals surface area contributed by atoms with Crippen LogP contribution in [0.5, 0.6) is 0 Å². The summed E-state index contributed by atoms with van der Waals surface area (Å²) >= 11 is 0. The number of carbonyl (C=O) groups excluding carboxylic acids is 1. The summed E-state index contributed by atoms with van der Waals surface area (Å²) in [5.41, 5.74) is -1.16. The number of aliphatic hydroxyl groups excluding tert-OH is 3. The SMILES string of the molecule is CC(=O)N[C@H]1[C@@H](OC[C@H]2CC[C@@H]([C@@]3(C)CC[C@H](C(C)(C)O)O3)[C@@H]2C)O[C@H](CO)[C@@H](O)[C@@H]1O. The van der Waals surface area contributed by atoms with Crippen LogP contribution >= 0.6 is 0 Å². The Kier molecular flexibility index (Phi) is 7.92. The number of ether oxygens (including phenoxy) is 3. The standard InChI is InChI=1S/C23H41NO8/c1-12-14(6-7-15(12)23(5)9-8-17(32-23)22(3,4)29)11-30-21-18(24-13(2)26)20(28)19(27)16(10-25)31-21/h12,14-21,25,27-29H,6-11H2,1-5H3,(H,24,26)/t12-,14-,15-,16-,17-,18-,19-,20-,21+,23-/m1/s1. The highest BCUT2D eigenvalue weighted by atomic mass is 16.7. The smallest absolute Gasteiger partial charge is 0.217 e. The predicted octanol–water partition coefficient (Wildman–Crippen LogP) is 0.318. The Morgan fingerprint density at radius 3 is 2.47 bits per heavy atom. The molecule has 9 heteroatoms. The molecule has 2 heterocycles. The maximum Gasteiger partial charge on any atom is 0.217 e. The van der Waals surface area contributed by atoms with Crippen LogP contribution in [0.4, 0.5) is 0 Å². The van der Waals surface area contributed by atoms with Gasteiger partial charge in [-0.2, -0.15) is 0 Å². The maximum absolute atomic E-state index is 11.6. The molecular weight excluding hydrogens is 418 g/mol. The molecule has 10 atom stereocenters. The van der Waals surface area contributed by atoms with Gasteiger partial charge in [0.25, 0.3) is 0 Å². The molecule has 0 bridgehead atoms. The van der Waals surface area contributed by atoms with Gasteiger partial charge in [-0.05, 0) is 64.2 Å². The highest BCUT2D eigenvalue weighted by Crippen LogP contribution is 2.50. The van der Waals surface area contributed by atoms with E-state index in [2.05, 4.69) is 19.2 Å². The average molecular weight is 460 g/mol. The fourth-order valence-corrected chi connectivity index (χ4v) is 5.81. The molecule has 0 spiro atoms. The molecule has 3 fully saturated rings. The molecule has 0 aromatic carbocycles. The summed E-state index contributed by atoms with van der Waals surface area (Å²) in [6.45, 7) is 9.14. The van der Waals surface area contributed by atoms with Crippen molar-refractivity contribution in [2.75, 3.05) is 13.2 Å². The fourth-order valence-electron chi connectivity index (χ4n) is 5.81. The molecule has 186 valence electrons. The molecule has 2 saturated heterocycles. The van der Waals surface area contributed by atoms with Crippen molar-refractivity contribution in [2.24, 2.45) is 17.8 Å². The van der Waals surface area contributed by atoms with Crippen molar-refractivity contribution in [3.8, 4) is 0 Å². The molecule has 1 saturated carbocycles. The highest BCUT2D eigenvalue weighted by molar-refractivity contribution is 5.73. The van der Waals surface area contributed by atoms with E-state index in [9.17, 15) is 25.2 Å². The summed E-state index contributed by atoms with van der Waals surface area (Å²) in [5, 5.41) is 43.0. The van der Waals surface area contributed by atoms with Crippen LogP contribution in [0.2, 0.25) is 0 Å². The van der Waals surface area contributed by atoms with Gasteiger partial charge in [0.15, 0.2) is 6.29 Å². The molecule has 0 unspecified atom stereocenters. The van der Waals surface area contributed by atoms with Gasteiger partial charge in [-0.1, -0.05) is 6.92 Å². The number of hydrogen-bond donors (Lipinski definition) is 5. The van der Waals surface area contributed by atoms with Crippen molar-refractivity contribution in [3.05, 3.63) is 0 Å². The van der Waals surface area contributed by atoms with Gasteiger partial charge in [0.1, 0.15) is 24.4 Å². The van der Waals surface area contributed by atoms with Crippen LogP contribution in [0.3, 0.4) is 0 Å². The molecule has 1 aliphatic carbocycles. The van der Waals surface area contributed by atoms with Gasteiger partial charge in [0, 0.05) is 6.92 Å². The normalized spacial score (nSPS) is 45.2. The third kappa shape index (κ3) is 5.29. The number of rotatable bonds is 7.